The molecule has 0 unspecified atom stereocenters. The average Bonchev–Trinajstić information content (AvgIpc) is 2.62. The summed E-state index contributed by atoms with van der Waals surface area (Å²) >= 11 is 0. The molecule has 0 fully saturated rings. The maximum Gasteiger partial charge on any atom is 0.161 e. The topological polar surface area (TPSA) is 68.2 Å². The number of rotatable bonds is 7. The summed E-state index contributed by atoms with van der Waals surface area (Å²) < 4.78 is 15.6. The number of hydrogen-bond donors (Lipinski definition) is 2. The maximum atomic E-state index is 10.6. The molecule has 0 aliphatic heterocycles. The van der Waals surface area contributed by atoms with Crippen LogP contribution in [0.1, 0.15) is 23.1 Å². The Morgan fingerprint density at radius 1 is 0.826 bits per heavy atom. The molecule has 0 aromatic heterocycles. The van der Waals surface area contributed by atoms with Gasteiger partial charge in [0.15, 0.2) is 11.5 Å². The van der Waals surface area contributed by atoms with Crippen molar-refractivity contribution in [3.8, 4) is 17.2 Å². The van der Waals surface area contributed by atoms with Crippen LogP contribution in [-0.2, 0) is 0 Å². The largest absolute Gasteiger partial charge is 0.497 e. The van der Waals surface area contributed by atoms with Crippen LogP contribution in [-0.4, -0.2) is 38.1 Å². The lowest BCUT2D eigenvalue weighted by atomic mass is 9.89. The summed E-state index contributed by atoms with van der Waals surface area (Å²) in [6.45, 7) is -0.192. The Kier molecular flexibility index (Phi) is 5.84. The van der Waals surface area contributed by atoms with Gasteiger partial charge in [0.2, 0.25) is 0 Å². The maximum absolute atomic E-state index is 10.6. The molecule has 0 saturated heterocycles. The molecule has 0 aliphatic rings. The molecular formula is C18H22O5. The molecule has 124 valence electrons. The van der Waals surface area contributed by atoms with Gasteiger partial charge in [-0.15, -0.1) is 0 Å². The molecule has 5 heteroatoms. The van der Waals surface area contributed by atoms with Crippen molar-refractivity contribution in [3.05, 3.63) is 53.6 Å². The molecule has 0 amide bonds. The van der Waals surface area contributed by atoms with Crippen molar-refractivity contribution in [1.82, 2.24) is 0 Å². The highest BCUT2D eigenvalue weighted by atomic mass is 16.5. The minimum absolute atomic E-state index is 0.192. The van der Waals surface area contributed by atoms with E-state index in [-0.39, 0.29) is 6.61 Å². The van der Waals surface area contributed by atoms with Gasteiger partial charge in [-0.3, -0.25) is 0 Å². The summed E-state index contributed by atoms with van der Waals surface area (Å²) in [5.74, 6) is 1.41. The summed E-state index contributed by atoms with van der Waals surface area (Å²) in [4.78, 5) is 0. The number of aliphatic hydroxyl groups excluding tert-OH is 2. The van der Waals surface area contributed by atoms with E-state index in [1.807, 2.05) is 6.07 Å². The van der Waals surface area contributed by atoms with Gasteiger partial charge in [0, 0.05) is 5.92 Å². The molecule has 0 bridgehead atoms. The van der Waals surface area contributed by atoms with Gasteiger partial charge >= 0.3 is 0 Å². The second-order valence-electron chi connectivity index (χ2n) is 5.12. The summed E-state index contributed by atoms with van der Waals surface area (Å²) in [6, 6.07) is 12.5. The zero-order valence-electron chi connectivity index (χ0n) is 13.5. The Hall–Kier alpha value is -2.24. The van der Waals surface area contributed by atoms with Gasteiger partial charge in [-0.2, -0.15) is 0 Å². The smallest absolute Gasteiger partial charge is 0.161 e. The van der Waals surface area contributed by atoms with Crippen LogP contribution in [0, 0.1) is 0 Å². The van der Waals surface area contributed by atoms with Crippen LogP contribution in [0.25, 0.3) is 0 Å². The number of hydrogen-bond acceptors (Lipinski definition) is 5. The summed E-state index contributed by atoms with van der Waals surface area (Å²) in [7, 11) is 4.70. The zero-order valence-corrected chi connectivity index (χ0v) is 13.5. The normalized spacial score (nSPS) is 13.3. The van der Waals surface area contributed by atoms with Crippen molar-refractivity contribution in [2.75, 3.05) is 27.9 Å². The van der Waals surface area contributed by atoms with E-state index in [1.165, 1.54) is 0 Å². The zero-order chi connectivity index (χ0) is 16.8. The number of aliphatic hydroxyl groups is 2. The molecule has 0 heterocycles. The molecule has 2 N–H and O–H groups in total. The summed E-state index contributed by atoms with van der Waals surface area (Å²) in [5.41, 5.74) is 1.48. The van der Waals surface area contributed by atoms with E-state index in [1.54, 1.807) is 57.7 Å². The Morgan fingerprint density at radius 3 is 1.96 bits per heavy atom. The van der Waals surface area contributed by atoms with E-state index < -0.39 is 12.0 Å². The van der Waals surface area contributed by atoms with Gasteiger partial charge in [0.25, 0.3) is 0 Å². The fraction of sp³-hybridized carbons (Fsp3) is 0.333. The second-order valence-corrected chi connectivity index (χ2v) is 5.12. The minimum atomic E-state index is -0.844. The first-order valence-corrected chi connectivity index (χ1v) is 7.29. The van der Waals surface area contributed by atoms with Gasteiger partial charge in [-0.1, -0.05) is 18.2 Å². The third-order valence-corrected chi connectivity index (χ3v) is 3.87. The van der Waals surface area contributed by atoms with Gasteiger partial charge in [0.1, 0.15) is 5.75 Å². The van der Waals surface area contributed by atoms with Gasteiger partial charge in [-0.25, -0.2) is 0 Å². The first kappa shape index (κ1) is 17.1. The lowest BCUT2D eigenvalue weighted by Gasteiger charge is -2.23. The van der Waals surface area contributed by atoms with Crippen LogP contribution in [0.15, 0.2) is 42.5 Å². The fourth-order valence-electron chi connectivity index (χ4n) is 2.50. The fourth-order valence-corrected chi connectivity index (χ4v) is 2.50. The van der Waals surface area contributed by atoms with E-state index in [2.05, 4.69) is 0 Å². The van der Waals surface area contributed by atoms with Crippen molar-refractivity contribution < 1.29 is 24.4 Å². The van der Waals surface area contributed by atoms with Crippen LogP contribution in [0.4, 0.5) is 0 Å². The van der Waals surface area contributed by atoms with Gasteiger partial charge in [0.05, 0.1) is 34.0 Å². The molecule has 2 rings (SSSR count). The first-order chi connectivity index (χ1) is 11.1. The lowest BCUT2D eigenvalue weighted by Crippen LogP contribution is -2.15. The van der Waals surface area contributed by atoms with E-state index in [0.29, 0.717) is 22.8 Å². The van der Waals surface area contributed by atoms with E-state index in [4.69, 9.17) is 14.2 Å². The Morgan fingerprint density at radius 2 is 1.43 bits per heavy atom. The molecule has 0 aliphatic carbocycles. The predicted octanol–water partition coefficient (Wildman–Crippen LogP) is 2.52. The second kappa shape index (κ2) is 7.85. The highest BCUT2D eigenvalue weighted by Gasteiger charge is 2.23. The quantitative estimate of drug-likeness (QED) is 0.821. The van der Waals surface area contributed by atoms with E-state index in [9.17, 15) is 10.2 Å². The molecule has 0 spiro atoms. The van der Waals surface area contributed by atoms with Crippen LogP contribution >= 0.6 is 0 Å². The van der Waals surface area contributed by atoms with Crippen LogP contribution < -0.4 is 14.2 Å². The van der Waals surface area contributed by atoms with Crippen LogP contribution in [0.2, 0.25) is 0 Å². The first-order valence-electron chi connectivity index (χ1n) is 7.29. The van der Waals surface area contributed by atoms with Crippen molar-refractivity contribution in [2.24, 2.45) is 0 Å². The summed E-state index contributed by atoms with van der Waals surface area (Å²) in [5, 5.41) is 20.4. The molecule has 0 radical (unpaired) electrons. The predicted molar refractivity (Wildman–Crippen MR) is 87.3 cm³/mol. The number of benzene rings is 2. The third kappa shape index (κ3) is 3.75. The molecule has 2 aromatic carbocycles. The highest BCUT2D eigenvalue weighted by Crippen LogP contribution is 2.36. The van der Waals surface area contributed by atoms with Crippen LogP contribution in [0.5, 0.6) is 17.2 Å². The van der Waals surface area contributed by atoms with Gasteiger partial charge < -0.3 is 24.4 Å². The Bertz CT molecular complexity index is 624. The number of ether oxygens (including phenoxy) is 3. The van der Waals surface area contributed by atoms with E-state index >= 15 is 0 Å². The number of methoxy groups -OCH3 is 3. The molecule has 0 saturated carbocycles. The monoisotopic (exact) mass is 318 g/mol. The van der Waals surface area contributed by atoms with Crippen molar-refractivity contribution in [2.45, 2.75) is 12.0 Å². The van der Waals surface area contributed by atoms with Crippen molar-refractivity contribution in [3.63, 3.8) is 0 Å². The summed E-state index contributed by atoms with van der Waals surface area (Å²) in [6.07, 6.45) is -0.844. The lowest BCUT2D eigenvalue weighted by molar-refractivity contribution is 0.107. The SMILES string of the molecule is COc1ccc([C@H](O)[C@@H](CO)c2ccc(OC)c(OC)c2)cc1. The molecule has 23 heavy (non-hydrogen) atoms. The molecule has 2 aromatic rings. The Labute approximate surface area is 136 Å². The van der Waals surface area contributed by atoms with Crippen molar-refractivity contribution >= 4 is 0 Å². The standard InChI is InChI=1S/C18H22O5/c1-21-14-7-4-12(5-8-14)18(20)15(11-19)13-6-9-16(22-2)17(10-13)23-3/h4-10,15,18-20H,11H2,1-3H3/t15-,18-/m0/s1. The highest BCUT2D eigenvalue weighted by molar-refractivity contribution is 5.44. The average molecular weight is 318 g/mol. The Balaban J connectivity index is 2.30. The molecular weight excluding hydrogens is 296 g/mol. The third-order valence-electron chi connectivity index (χ3n) is 3.87. The van der Waals surface area contributed by atoms with Gasteiger partial charge in [-0.05, 0) is 35.4 Å². The molecule has 5 nitrogen and oxygen atoms in total. The molecule has 2 atom stereocenters. The van der Waals surface area contributed by atoms with Crippen molar-refractivity contribution in [1.29, 1.82) is 0 Å². The van der Waals surface area contributed by atoms with E-state index in [0.717, 1.165) is 5.56 Å². The van der Waals surface area contributed by atoms with Crippen LogP contribution in [0.3, 0.4) is 0 Å². The minimum Gasteiger partial charge on any atom is -0.497 e.